The summed E-state index contributed by atoms with van der Waals surface area (Å²) in [5.41, 5.74) is -0.606. The molecule has 0 aromatic carbocycles. The first kappa shape index (κ1) is 17.9. The van der Waals surface area contributed by atoms with Crippen molar-refractivity contribution in [2.75, 3.05) is 33.2 Å². The summed E-state index contributed by atoms with van der Waals surface area (Å²) in [6, 6.07) is -0.468. The van der Waals surface area contributed by atoms with Gasteiger partial charge in [-0.3, -0.25) is 14.5 Å². The Hall–Kier alpha value is -1.14. The zero-order chi connectivity index (χ0) is 16.0. The number of carbonyl (C=O) groups is 2. The summed E-state index contributed by atoms with van der Waals surface area (Å²) in [7, 11) is 1.60. The minimum absolute atomic E-state index is 0.0846. The lowest BCUT2D eigenvalue weighted by molar-refractivity contribution is -0.136. The molecule has 1 heterocycles. The molecular formula is C15H30N4O2. The Bertz CT molecular complexity index is 363. The van der Waals surface area contributed by atoms with Gasteiger partial charge in [0.15, 0.2) is 0 Å². The first-order valence-electron chi connectivity index (χ1n) is 7.77. The number of hydrogen-bond acceptors (Lipinski definition) is 4. The fourth-order valence-electron chi connectivity index (χ4n) is 2.58. The largest absolute Gasteiger partial charge is 0.357 e. The standard InChI is InChI=1S/C15H30N4O2/c1-11(2)10-12(13(20)16-5)18-14(21)15(3,4)19-8-6-17-7-9-19/h11-12,17H,6-10H2,1-5H3,(H,16,20)(H,18,21). The third-order valence-electron chi connectivity index (χ3n) is 4.04. The van der Waals surface area contributed by atoms with Crippen molar-refractivity contribution in [3.05, 3.63) is 0 Å². The Balaban J connectivity index is 2.72. The van der Waals surface area contributed by atoms with Gasteiger partial charge in [0.1, 0.15) is 6.04 Å². The summed E-state index contributed by atoms with van der Waals surface area (Å²) in [6.07, 6.45) is 0.642. The molecule has 0 aliphatic carbocycles. The second kappa shape index (κ2) is 7.75. The van der Waals surface area contributed by atoms with Crippen LogP contribution in [0.1, 0.15) is 34.1 Å². The van der Waals surface area contributed by atoms with Crippen molar-refractivity contribution in [3.63, 3.8) is 0 Å². The van der Waals surface area contributed by atoms with Crippen LogP contribution in [0.25, 0.3) is 0 Å². The van der Waals surface area contributed by atoms with Crippen LogP contribution in [-0.2, 0) is 9.59 Å². The van der Waals surface area contributed by atoms with Crippen LogP contribution < -0.4 is 16.0 Å². The second-order valence-electron chi connectivity index (χ2n) is 6.57. The van der Waals surface area contributed by atoms with Crippen LogP contribution in [-0.4, -0.2) is 61.5 Å². The Kier molecular flexibility index (Phi) is 6.61. The van der Waals surface area contributed by atoms with Crippen molar-refractivity contribution in [2.45, 2.75) is 45.7 Å². The predicted octanol–water partition coefficient (Wildman–Crippen LogP) is -0.0529. The van der Waals surface area contributed by atoms with E-state index in [9.17, 15) is 9.59 Å². The van der Waals surface area contributed by atoms with E-state index in [1.165, 1.54) is 0 Å². The van der Waals surface area contributed by atoms with E-state index in [1.807, 2.05) is 27.7 Å². The highest BCUT2D eigenvalue weighted by atomic mass is 16.2. The molecule has 1 saturated heterocycles. The summed E-state index contributed by atoms with van der Waals surface area (Å²) in [6.45, 7) is 11.4. The second-order valence-corrected chi connectivity index (χ2v) is 6.57. The summed E-state index contributed by atoms with van der Waals surface area (Å²) >= 11 is 0. The highest BCUT2D eigenvalue weighted by Gasteiger charge is 2.37. The van der Waals surface area contributed by atoms with E-state index in [-0.39, 0.29) is 11.8 Å². The molecule has 1 fully saturated rings. The van der Waals surface area contributed by atoms with Gasteiger partial charge in [0.05, 0.1) is 5.54 Å². The Morgan fingerprint density at radius 2 is 1.81 bits per heavy atom. The zero-order valence-electron chi connectivity index (χ0n) is 14.0. The molecule has 6 nitrogen and oxygen atoms in total. The molecule has 0 radical (unpaired) electrons. The molecule has 0 spiro atoms. The summed E-state index contributed by atoms with van der Waals surface area (Å²) in [5, 5.41) is 8.84. The van der Waals surface area contributed by atoms with Gasteiger partial charge in [0, 0.05) is 33.2 Å². The van der Waals surface area contributed by atoms with E-state index in [2.05, 4.69) is 20.9 Å². The summed E-state index contributed by atoms with van der Waals surface area (Å²) < 4.78 is 0. The van der Waals surface area contributed by atoms with Crippen molar-refractivity contribution in [1.29, 1.82) is 0 Å². The van der Waals surface area contributed by atoms with Crippen LogP contribution in [0.2, 0.25) is 0 Å². The summed E-state index contributed by atoms with van der Waals surface area (Å²) in [4.78, 5) is 26.7. The number of carbonyl (C=O) groups excluding carboxylic acids is 2. The molecule has 0 aromatic rings. The van der Waals surface area contributed by atoms with Gasteiger partial charge in [0.2, 0.25) is 11.8 Å². The van der Waals surface area contributed by atoms with Crippen LogP contribution in [0.15, 0.2) is 0 Å². The van der Waals surface area contributed by atoms with Crippen LogP contribution in [0.3, 0.4) is 0 Å². The maximum absolute atomic E-state index is 12.6. The van der Waals surface area contributed by atoms with Crippen molar-refractivity contribution in [1.82, 2.24) is 20.9 Å². The molecule has 1 rings (SSSR count). The maximum Gasteiger partial charge on any atom is 0.242 e. The average Bonchev–Trinajstić information content (AvgIpc) is 2.46. The quantitative estimate of drug-likeness (QED) is 0.643. The average molecular weight is 298 g/mol. The van der Waals surface area contributed by atoms with E-state index in [1.54, 1.807) is 7.05 Å². The number of hydrogen-bond donors (Lipinski definition) is 3. The van der Waals surface area contributed by atoms with Crippen LogP contribution >= 0.6 is 0 Å². The number of piperazine rings is 1. The molecule has 0 aromatic heterocycles. The first-order valence-corrected chi connectivity index (χ1v) is 7.77. The first-order chi connectivity index (χ1) is 9.78. The highest BCUT2D eigenvalue weighted by molar-refractivity contribution is 5.91. The van der Waals surface area contributed by atoms with Crippen molar-refractivity contribution < 1.29 is 9.59 Å². The van der Waals surface area contributed by atoms with E-state index in [0.29, 0.717) is 12.3 Å². The number of amides is 2. The van der Waals surface area contributed by atoms with Crippen LogP contribution in [0, 0.1) is 5.92 Å². The van der Waals surface area contributed by atoms with Crippen LogP contribution in [0.4, 0.5) is 0 Å². The third kappa shape index (κ3) is 4.97. The van der Waals surface area contributed by atoms with Crippen molar-refractivity contribution in [3.8, 4) is 0 Å². The van der Waals surface area contributed by atoms with Gasteiger partial charge in [-0.15, -0.1) is 0 Å². The summed E-state index contributed by atoms with van der Waals surface area (Å²) in [5.74, 6) is 0.127. The normalized spacial score (nSPS) is 18.4. The Morgan fingerprint density at radius 1 is 1.24 bits per heavy atom. The lowest BCUT2D eigenvalue weighted by Gasteiger charge is -2.40. The van der Waals surface area contributed by atoms with Crippen molar-refractivity contribution in [2.24, 2.45) is 5.92 Å². The van der Waals surface area contributed by atoms with E-state index in [4.69, 9.17) is 0 Å². The number of likely N-dealkylation sites (N-methyl/N-ethyl adjacent to an activating group) is 1. The monoisotopic (exact) mass is 298 g/mol. The van der Waals surface area contributed by atoms with Gasteiger partial charge in [0.25, 0.3) is 0 Å². The molecule has 21 heavy (non-hydrogen) atoms. The topological polar surface area (TPSA) is 73.5 Å². The number of nitrogens with zero attached hydrogens (tertiary/aromatic N) is 1. The molecule has 1 aliphatic rings. The predicted molar refractivity (Wildman–Crippen MR) is 84.0 cm³/mol. The lowest BCUT2D eigenvalue weighted by atomic mass is 9.97. The zero-order valence-corrected chi connectivity index (χ0v) is 14.0. The minimum Gasteiger partial charge on any atom is -0.357 e. The Labute approximate surface area is 128 Å². The van der Waals surface area contributed by atoms with Crippen LogP contribution in [0.5, 0.6) is 0 Å². The van der Waals surface area contributed by atoms with Gasteiger partial charge in [-0.05, 0) is 26.2 Å². The Morgan fingerprint density at radius 3 is 2.29 bits per heavy atom. The smallest absolute Gasteiger partial charge is 0.242 e. The molecule has 0 saturated carbocycles. The number of nitrogens with one attached hydrogen (secondary N) is 3. The molecule has 6 heteroatoms. The van der Waals surface area contributed by atoms with Gasteiger partial charge in [-0.25, -0.2) is 0 Å². The fourth-order valence-corrected chi connectivity index (χ4v) is 2.58. The molecular weight excluding hydrogens is 268 g/mol. The molecule has 2 amide bonds. The maximum atomic E-state index is 12.6. The highest BCUT2D eigenvalue weighted by Crippen LogP contribution is 2.16. The molecule has 1 unspecified atom stereocenters. The van der Waals surface area contributed by atoms with Gasteiger partial charge in [-0.1, -0.05) is 13.8 Å². The van der Waals surface area contributed by atoms with E-state index >= 15 is 0 Å². The molecule has 1 aliphatic heterocycles. The SMILES string of the molecule is CNC(=O)C(CC(C)C)NC(=O)C(C)(C)N1CCNCC1. The van der Waals surface area contributed by atoms with Gasteiger partial charge < -0.3 is 16.0 Å². The molecule has 0 bridgehead atoms. The minimum atomic E-state index is -0.606. The van der Waals surface area contributed by atoms with Gasteiger partial charge >= 0.3 is 0 Å². The van der Waals surface area contributed by atoms with E-state index in [0.717, 1.165) is 26.2 Å². The molecule has 3 N–H and O–H groups in total. The third-order valence-corrected chi connectivity index (χ3v) is 4.04. The number of rotatable bonds is 6. The van der Waals surface area contributed by atoms with Crippen molar-refractivity contribution >= 4 is 11.8 Å². The van der Waals surface area contributed by atoms with E-state index < -0.39 is 11.6 Å². The van der Waals surface area contributed by atoms with Gasteiger partial charge in [-0.2, -0.15) is 0 Å². The molecule has 122 valence electrons. The lowest BCUT2D eigenvalue weighted by Crippen LogP contribution is -2.62. The fraction of sp³-hybridized carbons (Fsp3) is 0.867. The molecule has 1 atom stereocenters.